The number of hydrogen-bond acceptors (Lipinski definition) is 4. The number of aromatic nitrogens is 4. The van der Waals surface area contributed by atoms with Crippen LogP contribution >= 0.6 is 22.7 Å². The van der Waals surface area contributed by atoms with E-state index >= 15 is 0 Å². The van der Waals surface area contributed by atoms with Crippen LogP contribution in [-0.2, 0) is 0 Å². The zero-order valence-corrected chi connectivity index (χ0v) is 41.9. The van der Waals surface area contributed by atoms with Gasteiger partial charge in [-0.15, -0.1) is 22.7 Å². The van der Waals surface area contributed by atoms with Gasteiger partial charge in [-0.25, -0.2) is 0 Å². The topological polar surface area (TPSA) is 67.3 Å². The monoisotopic (exact) mass is 1000 g/mol. The Morgan fingerprint density at radius 2 is 0.579 bits per heavy atom. The molecule has 6 nitrogen and oxygen atoms in total. The molecule has 0 bridgehead atoms. The van der Waals surface area contributed by atoms with Crippen LogP contribution in [0.25, 0.3) is 150 Å². The highest BCUT2D eigenvalue weighted by atomic mass is 32.1. The van der Waals surface area contributed by atoms with E-state index in [1.165, 1.54) is 52.5 Å². The van der Waals surface area contributed by atoms with Crippen LogP contribution in [0.3, 0.4) is 0 Å². The molecule has 0 saturated carbocycles. The lowest BCUT2D eigenvalue weighted by atomic mass is 10.1. The maximum absolute atomic E-state index is 11.5. The molecule has 0 aliphatic heterocycles. The predicted molar refractivity (Wildman–Crippen MR) is 319 cm³/mol. The van der Waals surface area contributed by atoms with Crippen molar-refractivity contribution in [2.75, 3.05) is 0 Å². The molecule has 0 radical (unpaired) electrons. The van der Waals surface area contributed by atoms with E-state index in [0.717, 1.165) is 86.5 Å². The summed E-state index contributed by atoms with van der Waals surface area (Å²) in [6, 6.07) is 83.5. The van der Waals surface area contributed by atoms with Crippen molar-refractivity contribution in [3.8, 4) is 34.9 Å². The van der Waals surface area contributed by atoms with Gasteiger partial charge in [-0.3, -0.25) is 0 Å². The van der Waals surface area contributed by atoms with Gasteiger partial charge >= 0.3 is 0 Å². The number of para-hydroxylation sites is 4. The van der Waals surface area contributed by atoms with Crippen LogP contribution < -0.4 is 0 Å². The van der Waals surface area contributed by atoms with Gasteiger partial charge in [-0.2, -0.15) is 10.5 Å². The smallest absolute Gasteiger partial charge is 0.101 e. The molecule has 0 spiro atoms. The van der Waals surface area contributed by atoms with Crippen molar-refractivity contribution in [2.24, 2.45) is 0 Å². The van der Waals surface area contributed by atoms with Gasteiger partial charge in [-0.05, 0) is 109 Å². The molecule has 0 aliphatic rings. The standard InChI is InChI=1S/C68H36N6S2/c69-37-39-30-62(74-60-28-26-42(72-57-21-9-3-15-45(57)46-16-4-10-22-58(46)72)32-50(60)52-34-54-48-18-6-12-24-66(48)76-68(54)36-64(52)74)40(38-70)29-61(39)73-59-27-25-41(71-55-19-7-1-13-43(55)44-14-2-8-20-56(44)71)31-49(59)51-33-53-47-17-5-11-23-65(47)75-67(53)35-63(51)73/h1-36H. The van der Waals surface area contributed by atoms with Crippen LogP contribution in [0.15, 0.2) is 218 Å². The minimum atomic E-state index is 0.468. The third-order valence-electron chi connectivity index (χ3n) is 16.0. The maximum Gasteiger partial charge on any atom is 0.101 e. The lowest BCUT2D eigenvalue weighted by Gasteiger charge is -2.16. The minimum absolute atomic E-state index is 0.468. The number of benzene rings is 11. The van der Waals surface area contributed by atoms with Crippen LogP contribution in [-0.4, -0.2) is 18.3 Å². The summed E-state index contributed by atoms with van der Waals surface area (Å²) < 4.78 is 13.9. The third-order valence-corrected chi connectivity index (χ3v) is 18.3. The van der Waals surface area contributed by atoms with Crippen molar-refractivity contribution in [3.05, 3.63) is 230 Å². The lowest BCUT2D eigenvalue weighted by molar-refractivity contribution is 1.12. The van der Waals surface area contributed by atoms with Gasteiger partial charge in [0.25, 0.3) is 0 Å². The Hall–Kier alpha value is -9.96. The summed E-state index contributed by atoms with van der Waals surface area (Å²) in [5.41, 5.74) is 12.8. The average Bonchev–Trinajstić information content (AvgIpc) is 4.46. The molecule has 0 atom stereocenters. The van der Waals surface area contributed by atoms with E-state index in [0.29, 0.717) is 22.5 Å². The zero-order valence-electron chi connectivity index (χ0n) is 40.3. The molecular weight excluding hydrogens is 965 g/mol. The minimum Gasteiger partial charge on any atom is -0.309 e. The number of hydrogen-bond donors (Lipinski definition) is 0. The fourth-order valence-corrected chi connectivity index (χ4v) is 15.0. The summed E-state index contributed by atoms with van der Waals surface area (Å²) in [5, 5.41) is 36.9. The predicted octanol–water partition coefficient (Wildman–Crippen LogP) is 18.6. The molecule has 350 valence electrons. The molecule has 8 heteroatoms. The van der Waals surface area contributed by atoms with E-state index in [-0.39, 0.29) is 0 Å². The Balaban J connectivity index is 0.935. The fourth-order valence-electron chi connectivity index (χ4n) is 12.8. The Kier molecular flexibility index (Phi) is 8.36. The summed E-state index contributed by atoms with van der Waals surface area (Å²) in [6.45, 7) is 0. The van der Waals surface area contributed by atoms with Crippen LogP contribution in [0.4, 0.5) is 0 Å². The number of thiophene rings is 2. The molecule has 0 saturated heterocycles. The molecule has 76 heavy (non-hydrogen) atoms. The van der Waals surface area contributed by atoms with Crippen LogP contribution in [0.5, 0.6) is 0 Å². The summed E-state index contributed by atoms with van der Waals surface area (Å²) >= 11 is 3.56. The first-order chi connectivity index (χ1) is 37.6. The lowest BCUT2D eigenvalue weighted by Crippen LogP contribution is -2.04. The Morgan fingerprint density at radius 1 is 0.250 bits per heavy atom. The summed E-state index contributed by atoms with van der Waals surface area (Å²) in [4.78, 5) is 0. The van der Waals surface area contributed by atoms with Gasteiger partial charge in [0, 0.05) is 94.8 Å². The van der Waals surface area contributed by atoms with Gasteiger partial charge in [0.1, 0.15) is 12.1 Å². The Labute approximate surface area is 440 Å². The molecular formula is C68H36N6S2. The summed E-state index contributed by atoms with van der Waals surface area (Å²) in [6.07, 6.45) is 0. The molecule has 6 heterocycles. The van der Waals surface area contributed by atoms with Crippen LogP contribution in [0, 0.1) is 22.7 Å². The highest BCUT2D eigenvalue weighted by molar-refractivity contribution is 7.26. The Bertz CT molecular complexity index is 5070. The second-order valence-electron chi connectivity index (χ2n) is 19.9. The fraction of sp³-hybridized carbons (Fsp3) is 0. The van der Waals surface area contributed by atoms with Crippen molar-refractivity contribution < 1.29 is 0 Å². The molecule has 17 rings (SSSR count). The van der Waals surface area contributed by atoms with E-state index in [1.807, 2.05) is 12.1 Å². The largest absolute Gasteiger partial charge is 0.309 e. The molecule has 0 unspecified atom stereocenters. The number of nitriles is 2. The molecule has 0 amide bonds. The summed E-state index contributed by atoms with van der Waals surface area (Å²) in [5.74, 6) is 0. The quantitative estimate of drug-likeness (QED) is 0.176. The molecule has 11 aromatic carbocycles. The molecule has 0 fully saturated rings. The first-order valence-electron chi connectivity index (χ1n) is 25.4. The van der Waals surface area contributed by atoms with Gasteiger partial charge in [-0.1, -0.05) is 109 Å². The normalized spacial score (nSPS) is 12.2. The van der Waals surface area contributed by atoms with Crippen molar-refractivity contribution in [2.45, 2.75) is 0 Å². The molecule has 6 aromatic heterocycles. The van der Waals surface area contributed by atoms with Gasteiger partial charge in [0.05, 0.1) is 66.6 Å². The van der Waals surface area contributed by atoms with Gasteiger partial charge < -0.3 is 18.3 Å². The van der Waals surface area contributed by atoms with Crippen molar-refractivity contribution >= 4 is 150 Å². The van der Waals surface area contributed by atoms with Crippen molar-refractivity contribution in [1.29, 1.82) is 10.5 Å². The van der Waals surface area contributed by atoms with E-state index in [4.69, 9.17) is 0 Å². The van der Waals surface area contributed by atoms with E-state index in [1.54, 1.807) is 22.7 Å². The highest BCUT2D eigenvalue weighted by Crippen LogP contribution is 2.46. The van der Waals surface area contributed by atoms with Crippen LogP contribution in [0.1, 0.15) is 11.1 Å². The second kappa shape index (κ2) is 15.3. The average molecular weight is 1000 g/mol. The number of rotatable bonds is 4. The van der Waals surface area contributed by atoms with Gasteiger partial charge in [0.2, 0.25) is 0 Å². The summed E-state index contributed by atoms with van der Waals surface area (Å²) in [7, 11) is 0. The second-order valence-corrected chi connectivity index (χ2v) is 22.0. The first-order valence-corrected chi connectivity index (χ1v) is 27.0. The zero-order chi connectivity index (χ0) is 49.9. The van der Waals surface area contributed by atoms with E-state index < -0.39 is 0 Å². The maximum atomic E-state index is 11.5. The Morgan fingerprint density at radius 3 is 0.961 bits per heavy atom. The van der Waals surface area contributed by atoms with E-state index in [2.05, 4.69) is 237 Å². The SMILES string of the molecule is N#Cc1cc(-n2c3ccc(-n4c5ccccc5c5ccccc54)cc3c3cc4c(cc32)sc2ccccc24)c(C#N)cc1-n1c2ccc(-n3c4ccccc4c4ccccc43)cc2c2cc3c(cc21)sc1ccccc13. The first kappa shape index (κ1) is 41.5. The highest BCUT2D eigenvalue weighted by Gasteiger charge is 2.25. The molecule has 17 aromatic rings. The van der Waals surface area contributed by atoms with Crippen LogP contribution in [0.2, 0.25) is 0 Å². The number of nitrogens with zero attached hydrogens (tertiary/aromatic N) is 6. The van der Waals surface area contributed by atoms with E-state index in [9.17, 15) is 10.5 Å². The third kappa shape index (κ3) is 5.56. The molecule has 0 aliphatic carbocycles. The molecule has 0 N–H and O–H groups in total. The van der Waals surface area contributed by atoms with Crippen molar-refractivity contribution in [3.63, 3.8) is 0 Å². The number of fused-ring (bicyclic) bond motifs is 18. The van der Waals surface area contributed by atoms with Crippen molar-refractivity contribution in [1.82, 2.24) is 18.3 Å². The van der Waals surface area contributed by atoms with Gasteiger partial charge in [0.15, 0.2) is 0 Å².